The lowest BCUT2D eigenvalue weighted by atomic mass is 10.1. The molecule has 2 rings (SSSR count). The van der Waals surface area contributed by atoms with Gasteiger partial charge in [0.2, 0.25) is 5.91 Å². The Balaban J connectivity index is 1.80. The molecule has 0 spiro atoms. The SMILES string of the molecule is CC(C)c1[nH]nc(C(=O)NCCC(=O)NC2CC2)c1N. The van der Waals surface area contributed by atoms with Crippen molar-refractivity contribution < 1.29 is 9.59 Å². The Morgan fingerprint density at radius 2 is 2.15 bits per heavy atom. The van der Waals surface area contributed by atoms with Gasteiger partial charge in [0.1, 0.15) is 0 Å². The molecule has 20 heavy (non-hydrogen) atoms. The molecule has 7 nitrogen and oxygen atoms in total. The van der Waals surface area contributed by atoms with Crippen molar-refractivity contribution in [1.29, 1.82) is 0 Å². The molecule has 7 heteroatoms. The minimum absolute atomic E-state index is 0.0364. The van der Waals surface area contributed by atoms with Crippen molar-refractivity contribution in [3.05, 3.63) is 11.4 Å². The van der Waals surface area contributed by atoms with Crippen LogP contribution in [-0.2, 0) is 4.79 Å². The van der Waals surface area contributed by atoms with Crippen LogP contribution >= 0.6 is 0 Å². The van der Waals surface area contributed by atoms with Crippen LogP contribution in [0.2, 0.25) is 0 Å². The standard InChI is InChI=1S/C13H21N5O2/c1-7(2)11-10(14)12(18-17-11)13(20)15-6-5-9(19)16-8-3-4-8/h7-8H,3-6,14H2,1-2H3,(H,15,20)(H,16,19)(H,17,18). The Kier molecular flexibility index (Phi) is 4.26. The molecule has 1 heterocycles. The molecule has 1 saturated carbocycles. The second-order valence-electron chi connectivity index (χ2n) is 5.40. The molecule has 1 aliphatic rings. The maximum atomic E-state index is 11.9. The molecule has 1 fully saturated rings. The zero-order chi connectivity index (χ0) is 14.7. The van der Waals surface area contributed by atoms with Crippen LogP contribution in [0, 0.1) is 0 Å². The first kappa shape index (κ1) is 14.4. The van der Waals surface area contributed by atoms with Crippen LogP contribution in [0.3, 0.4) is 0 Å². The van der Waals surface area contributed by atoms with Gasteiger partial charge in [0.05, 0.1) is 11.4 Å². The molecular weight excluding hydrogens is 258 g/mol. The number of nitrogens with one attached hydrogen (secondary N) is 3. The van der Waals surface area contributed by atoms with E-state index in [0.717, 1.165) is 18.5 Å². The second kappa shape index (κ2) is 5.94. The van der Waals surface area contributed by atoms with Crippen LogP contribution in [0.5, 0.6) is 0 Å². The summed E-state index contributed by atoms with van der Waals surface area (Å²) in [6.45, 7) is 4.21. The number of nitrogens with zero attached hydrogens (tertiary/aromatic N) is 1. The van der Waals surface area contributed by atoms with Gasteiger partial charge in [-0.25, -0.2) is 0 Å². The van der Waals surface area contributed by atoms with Gasteiger partial charge >= 0.3 is 0 Å². The highest BCUT2D eigenvalue weighted by molar-refractivity contribution is 5.97. The number of rotatable bonds is 6. The van der Waals surface area contributed by atoms with Crippen molar-refractivity contribution in [2.45, 2.75) is 45.1 Å². The number of aromatic nitrogens is 2. The molecule has 5 N–H and O–H groups in total. The van der Waals surface area contributed by atoms with E-state index < -0.39 is 0 Å². The van der Waals surface area contributed by atoms with Gasteiger partial charge in [0.15, 0.2) is 5.69 Å². The average Bonchev–Trinajstić information content (AvgIpc) is 3.08. The number of nitrogens with two attached hydrogens (primary N) is 1. The molecule has 0 unspecified atom stereocenters. The van der Waals surface area contributed by atoms with Crippen LogP contribution in [0.25, 0.3) is 0 Å². The number of hydrogen-bond acceptors (Lipinski definition) is 4. The fourth-order valence-electron chi connectivity index (χ4n) is 1.88. The summed E-state index contributed by atoms with van der Waals surface area (Å²) in [7, 11) is 0. The third-order valence-electron chi connectivity index (χ3n) is 3.21. The average molecular weight is 279 g/mol. The Morgan fingerprint density at radius 1 is 1.45 bits per heavy atom. The van der Waals surface area contributed by atoms with Crippen LogP contribution in [-0.4, -0.2) is 34.6 Å². The lowest BCUT2D eigenvalue weighted by molar-refractivity contribution is -0.121. The molecule has 1 aliphatic carbocycles. The molecule has 0 atom stereocenters. The second-order valence-corrected chi connectivity index (χ2v) is 5.40. The number of hydrogen-bond donors (Lipinski definition) is 4. The minimum Gasteiger partial charge on any atom is -0.395 e. The van der Waals surface area contributed by atoms with Crippen molar-refractivity contribution in [3.8, 4) is 0 Å². The van der Waals surface area contributed by atoms with E-state index in [4.69, 9.17) is 5.73 Å². The summed E-state index contributed by atoms with van der Waals surface area (Å²) in [5, 5.41) is 12.2. The summed E-state index contributed by atoms with van der Waals surface area (Å²) >= 11 is 0. The summed E-state index contributed by atoms with van der Waals surface area (Å²) in [6, 6.07) is 0.341. The van der Waals surface area contributed by atoms with Gasteiger partial charge < -0.3 is 16.4 Å². The molecular formula is C13H21N5O2. The van der Waals surface area contributed by atoms with Gasteiger partial charge in [-0.1, -0.05) is 13.8 Å². The number of H-pyrrole nitrogens is 1. The van der Waals surface area contributed by atoms with Crippen molar-refractivity contribution >= 4 is 17.5 Å². The van der Waals surface area contributed by atoms with E-state index in [0.29, 0.717) is 11.7 Å². The quantitative estimate of drug-likeness (QED) is 0.607. The molecule has 0 aliphatic heterocycles. The van der Waals surface area contributed by atoms with Crippen LogP contribution < -0.4 is 16.4 Å². The largest absolute Gasteiger partial charge is 0.395 e. The van der Waals surface area contributed by atoms with Gasteiger partial charge in [0.25, 0.3) is 5.91 Å². The molecule has 0 bridgehead atoms. The van der Waals surface area contributed by atoms with Gasteiger partial charge in [0, 0.05) is 19.0 Å². The molecule has 1 aromatic heterocycles. The summed E-state index contributed by atoms with van der Waals surface area (Å²) in [6.07, 6.45) is 2.38. The Hall–Kier alpha value is -2.05. The normalized spacial score (nSPS) is 14.3. The smallest absolute Gasteiger partial charge is 0.273 e. The van der Waals surface area contributed by atoms with Gasteiger partial charge in [-0.15, -0.1) is 0 Å². The molecule has 0 aromatic carbocycles. The first-order chi connectivity index (χ1) is 9.49. The summed E-state index contributed by atoms with van der Waals surface area (Å²) in [5.74, 6) is -0.219. The zero-order valence-electron chi connectivity index (χ0n) is 11.8. The number of nitrogen functional groups attached to an aromatic ring is 1. The number of anilines is 1. The summed E-state index contributed by atoms with van der Waals surface area (Å²) in [5.41, 5.74) is 7.19. The Labute approximate surface area is 117 Å². The lowest BCUT2D eigenvalue weighted by Crippen LogP contribution is -2.32. The van der Waals surface area contributed by atoms with Crippen LogP contribution in [0.1, 0.15) is 55.2 Å². The van der Waals surface area contributed by atoms with Crippen molar-refractivity contribution in [3.63, 3.8) is 0 Å². The third kappa shape index (κ3) is 3.49. The first-order valence-electron chi connectivity index (χ1n) is 6.90. The van der Waals surface area contributed by atoms with E-state index in [2.05, 4.69) is 20.8 Å². The third-order valence-corrected chi connectivity index (χ3v) is 3.21. The topological polar surface area (TPSA) is 113 Å². The van der Waals surface area contributed by atoms with Gasteiger partial charge in [-0.05, 0) is 18.8 Å². The number of aromatic amines is 1. The van der Waals surface area contributed by atoms with Crippen molar-refractivity contribution in [1.82, 2.24) is 20.8 Å². The predicted octanol–water partition coefficient (Wildman–Crippen LogP) is 0.514. The lowest BCUT2D eigenvalue weighted by Gasteiger charge is -2.05. The first-order valence-corrected chi connectivity index (χ1v) is 6.90. The van der Waals surface area contributed by atoms with Crippen molar-refractivity contribution in [2.24, 2.45) is 0 Å². The number of carbonyl (C=O) groups is 2. The van der Waals surface area contributed by atoms with E-state index in [1.807, 2.05) is 13.8 Å². The molecule has 1 aromatic rings. The fraction of sp³-hybridized carbons (Fsp3) is 0.615. The highest BCUT2D eigenvalue weighted by Gasteiger charge is 2.23. The fourth-order valence-corrected chi connectivity index (χ4v) is 1.88. The summed E-state index contributed by atoms with van der Waals surface area (Å²) in [4.78, 5) is 23.4. The van der Waals surface area contributed by atoms with Gasteiger partial charge in [-0.2, -0.15) is 5.10 Å². The van der Waals surface area contributed by atoms with E-state index in [1.165, 1.54) is 0 Å². The predicted molar refractivity (Wildman–Crippen MR) is 75.2 cm³/mol. The van der Waals surface area contributed by atoms with Crippen LogP contribution in [0.4, 0.5) is 5.69 Å². The zero-order valence-corrected chi connectivity index (χ0v) is 11.8. The van der Waals surface area contributed by atoms with Crippen LogP contribution in [0.15, 0.2) is 0 Å². The molecule has 0 saturated heterocycles. The van der Waals surface area contributed by atoms with Gasteiger partial charge in [-0.3, -0.25) is 14.7 Å². The van der Waals surface area contributed by atoms with E-state index >= 15 is 0 Å². The Bertz CT molecular complexity index is 505. The minimum atomic E-state index is -0.357. The maximum absolute atomic E-state index is 11.9. The molecule has 0 radical (unpaired) electrons. The maximum Gasteiger partial charge on any atom is 0.273 e. The van der Waals surface area contributed by atoms with Crippen molar-refractivity contribution in [2.75, 3.05) is 12.3 Å². The number of carbonyl (C=O) groups excluding carboxylic acids is 2. The Morgan fingerprint density at radius 3 is 2.70 bits per heavy atom. The number of amides is 2. The van der Waals surface area contributed by atoms with E-state index in [-0.39, 0.29) is 36.4 Å². The van der Waals surface area contributed by atoms with E-state index in [1.54, 1.807) is 0 Å². The highest BCUT2D eigenvalue weighted by atomic mass is 16.2. The monoisotopic (exact) mass is 279 g/mol. The molecule has 2 amide bonds. The molecule has 110 valence electrons. The highest BCUT2D eigenvalue weighted by Crippen LogP contribution is 2.21. The van der Waals surface area contributed by atoms with E-state index in [9.17, 15) is 9.59 Å². The summed E-state index contributed by atoms with van der Waals surface area (Å²) < 4.78 is 0.